The standard InChI is InChI=1S/C12H21NO4/c1-4-17-11(14)7-10-5-6-13(8-9(10)2)12(15)16-3/h9-10H,4-8H2,1-3H3. The predicted molar refractivity (Wildman–Crippen MR) is 62.5 cm³/mol. The molecule has 98 valence electrons. The molecule has 5 heteroatoms. The van der Waals surface area contributed by atoms with Crippen molar-refractivity contribution in [1.82, 2.24) is 4.90 Å². The highest BCUT2D eigenvalue weighted by Gasteiger charge is 2.30. The van der Waals surface area contributed by atoms with E-state index < -0.39 is 0 Å². The molecular formula is C12H21NO4. The van der Waals surface area contributed by atoms with E-state index in [0.717, 1.165) is 6.42 Å². The highest BCUT2D eigenvalue weighted by Crippen LogP contribution is 2.26. The fraction of sp³-hybridized carbons (Fsp3) is 0.833. The van der Waals surface area contributed by atoms with Gasteiger partial charge in [0.2, 0.25) is 0 Å². The summed E-state index contributed by atoms with van der Waals surface area (Å²) in [5.74, 6) is 0.457. The lowest BCUT2D eigenvalue weighted by Gasteiger charge is -2.35. The Balaban J connectivity index is 2.42. The summed E-state index contributed by atoms with van der Waals surface area (Å²) < 4.78 is 9.63. The first-order valence-electron chi connectivity index (χ1n) is 6.07. The van der Waals surface area contributed by atoms with E-state index in [1.807, 2.05) is 0 Å². The number of amides is 1. The Bertz CT molecular complexity index is 280. The summed E-state index contributed by atoms with van der Waals surface area (Å²) >= 11 is 0. The number of carbonyl (C=O) groups excluding carboxylic acids is 2. The Kier molecular flexibility index (Phi) is 5.25. The van der Waals surface area contributed by atoms with E-state index in [2.05, 4.69) is 11.7 Å². The van der Waals surface area contributed by atoms with E-state index in [0.29, 0.717) is 38.0 Å². The SMILES string of the molecule is CCOC(=O)CC1CCN(C(=O)OC)CC1C. The van der Waals surface area contributed by atoms with Crippen molar-refractivity contribution in [3.05, 3.63) is 0 Å². The van der Waals surface area contributed by atoms with E-state index in [1.54, 1.807) is 11.8 Å². The lowest BCUT2D eigenvalue weighted by Crippen LogP contribution is -2.43. The normalized spacial score (nSPS) is 24.3. The van der Waals surface area contributed by atoms with E-state index >= 15 is 0 Å². The van der Waals surface area contributed by atoms with E-state index in [-0.39, 0.29) is 12.1 Å². The maximum Gasteiger partial charge on any atom is 0.409 e. The van der Waals surface area contributed by atoms with Gasteiger partial charge in [0.05, 0.1) is 13.7 Å². The molecule has 0 radical (unpaired) electrons. The average Bonchev–Trinajstić information content (AvgIpc) is 2.31. The van der Waals surface area contributed by atoms with Gasteiger partial charge in [0, 0.05) is 19.5 Å². The zero-order valence-electron chi connectivity index (χ0n) is 10.8. The second kappa shape index (κ2) is 6.47. The molecular weight excluding hydrogens is 222 g/mol. The fourth-order valence-electron chi connectivity index (χ4n) is 2.23. The van der Waals surface area contributed by atoms with Gasteiger partial charge in [0.25, 0.3) is 0 Å². The van der Waals surface area contributed by atoms with Gasteiger partial charge in [-0.05, 0) is 25.2 Å². The maximum atomic E-state index is 11.4. The molecule has 1 heterocycles. The summed E-state index contributed by atoms with van der Waals surface area (Å²) in [6, 6.07) is 0. The van der Waals surface area contributed by atoms with Gasteiger partial charge in [-0.3, -0.25) is 4.79 Å². The molecule has 0 aromatic heterocycles. The monoisotopic (exact) mass is 243 g/mol. The molecule has 1 rings (SSSR count). The van der Waals surface area contributed by atoms with Crippen molar-refractivity contribution in [2.45, 2.75) is 26.7 Å². The first kappa shape index (κ1) is 13.8. The third-order valence-corrected chi connectivity index (χ3v) is 3.25. The maximum absolute atomic E-state index is 11.4. The molecule has 17 heavy (non-hydrogen) atoms. The van der Waals surface area contributed by atoms with Crippen molar-refractivity contribution in [2.24, 2.45) is 11.8 Å². The minimum atomic E-state index is -0.286. The Morgan fingerprint density at radius 1 is 1.41 bits per heavy atom. The molecule has 2 unspecified atom stereocenters. The molecule has 0 bridgehead atoms. The van der Waals surface area contributed by atoms with Crippen LogP contribution in [0.3, 0.4) is 0 Å². The highest BCUT2D eigenvalue weighted by atomic mass is 16.5. The number of piperidine rings is 1. The largest absolute Gasteiger partial charge is 0.466 e. The van der Waals surface area contributed by atoms with Gasteiger partial charge in [-0.1, -0.05) is 6.92 Å². The van der Waals surface area contributed by atoms with Crippen LogP contribution in [0.25, 0.3) is 0 Å². The van der Waals surface area contributed by atoms with Crippen LogP contribution < -0.4 is 0 Å². The van der Waals surface area contributed by atoms with Gasteiger partial charge in [-0.15, -0.1) is 0 Å². The minimum Gasteiger partial charge on any atom is -0.466 e. The molecule has 1 saturated heterocycles. The third-order valence-electron chi connectivity index (χ3n) is 3.25. The van der Waals surface area contributed by atoms with Crippen LogP contribution >= 0.6 is 0 Å². The third kappa shape index (κ3) is 3.91. The van der Waals surface area contributed by atoms with Crippen LogP contribution in [0.4, 0.5) is 4.79 Å². The quantitative estimate of drug-likeness (QED) is 0.707. The van der Waals surface area contributed by atoms with Gasteiger partial charge >= 0.3 is 12.1 Å². The molecule has 2 atom stereocenters. The van der Waals surface area contributed by atoms with E-state index in [1.165, 1.54) is 7.11 Å². The highest BCUT2D eigenvalue weighted by molar-refractivity contribution is 5.70. The van der Waals surface area contributed by atoms with Crippen LogP contribution in [-0.2, 0) is 14.3 Å². The number of hydrogen-bond acceptors (Lipinski definition) is 4. The topological polar surface area (TPSA) is 55.8 Å². The summed E-state index contributed by atoms with van der Waals surface area (Å²) in [6.07, 6.45) is 0.991. The molecule has 1 amide bonds. The molecule has 0 aliphatic carbocycles. The van der Waals surface area contributed by atoms with Crippen LogP contribution in [0.2, 0.25) is 0 Å². The van der Waals surface area contributed by atoms with Gasteiger partial charge in [-0.2, -0.15) is 0 Å². The second-order valence-corrected chi connectivity index (χ2v) is 4.45. The molecule has 0 spiro atoms. The summed E-state index contributed by atoms with van der Waals surface area (Å²) in [5.41, 5.74) is 0. The predicted octanol–water partition coefficient (Wildman–Crippen LogP) is 1.66. The van der Waals surface area contributed by atoms with Crippen LogP contribution in [0.1, 0.15) is 26.7 Å². The molecule has 1 aliphatic heterocycles. The van der Waals surface area contributed by atoms with Gasteiger partial charge in [0.1, 0.15) is 0 Å². The van der Waals surface area contributed by atoms with Gasteiger partial charge in [0.15, 0.2) is 0 Å². The van der Waals surface area contributed by atoms with Crippen molar-refractivity contribution in [3.8, 4) is 0 Å². The van der Waals surface area contributed by atoms with Crippen LogP contribution in [0.5, 0.6) is 0 Å². The first-order valence-corrected chi connectivity index (χ1v) is 6.07. The van der Waals surface area contributed by atoms with E-state index in [9.17, 15) is 9.59 Å². The second-order valence-electron chi connectivity index (χ2n) is 4.45. The number of nitrogens with zero attached hydrogens (tertiary/aromatic N) is 1. The molecule has 0 aromatic carbocycles. The number of carbonyl (C=O) groups is 2. The average molecular weight is 243 g/mol. The lowest BCUT2D eigenvalue weighted by atomic mass is 9.84. The Morgan fingerprint density at radius 3 is 2.65 bits per heavy atom. The smallest absolute Gasteiger partial charge is 0.409 e. The van der Waals surface area contributed by atoms with Crippen LogP contribution in [0, 0.1) is 11.8 Å². The summed E-state index contributed by atoms with van der Waals surface area (Å²) in [7, 11) is 1.39. The number of likely N-dealkylation sites (tertiary alicyclic amines) is 1. The molecule has 0 aromatic rings. The van der Waals surface area contributed by atoms with Crippen molar-refractivity contribution in [2.75, 3.05) is 26.8 Å². The molecule has 5 nitrogen and oxygen atoms in total. The van der Waals surface area contributed by atoms with Crippen molar-refractivity contribution in [3.63, 3.8) is 0 Å². The van der Waals surface area contributed by atoms with Gasteiger partial charge in [-0.25, -0.2) is 4.79 Å². The number of rotatable bonds is 3. The molecule has 1 fully saturated rings. The number of hydrogen-bond donors (Lipinski definition) is 0. The molecule has 0 N–H and O–H groups in total. The Hall–Kier alpha value is -1.26. The lowest BCUT2D eigenvalue weighted by molar-refractivity contribution is -0.145. The van der Waals surface area contributed by atoms with Crippen molar-refractivity contribution < 1.29 is 19.1 Å². The van der Waals surface area contributed by atoms with Crippen molar-refractivity contribution >= 4 is 12.1 Å². The van der Waals surface area contributed by atoms with E-state index in [4.69, 9.17) is 4.74 Å². The Morgan fingerprint density at radius 2 is 2.12 bits per heavy atom. The van der Waals surface area contributed by atoms with Crippen LogP contribution in [-0.4, -0.2) is 43.8 Å². The summed E-state index contributed by atoms with van der Waals surface area (Å²) in [5, 5.41) is 0. The minimum absolute atomic E-state index is 0.143. The molecule has 0 saturated carbocycles. The van der Waals surface area contributed by atoms with Gasteiger partial charge < -0.3 is 14.4 Å². The number of methoxy groups -OCH3 is 1. The van der Waals surface area contributed by atoms with Crippen LogP contribution in [0.15, 0.2) is 0 Å². The first-order chi connectivity index (χ1) is 8.08. The number of esters is 1. The summed E-state index contributed by atoms with van der Waals surface area (Å²) in [4.78, 5) is 24.4. The fourth-order valence-corrected chi connectivity index (χ4v) is 2.23. The molecule has 1 aliphatic rings. The zero-order valence-corrected chi connectivity index (χ0v) is 10.8. The Labute approximate surface area is 102 Å². The number of ether oxygens (including phenoxy) is 2. The van der Waals surface area contributed by atoms with Crippen molar-refractivity contribution in [1.29, 1.82) is 0 Å². The zero-order chi connectivity index (χ0) is 12.8. The summed E-state index contributed by atoms with van der Waals surface area (Å²) in [6.45, 7) is 5.59.